The molecule has 0 bridgehead atoms. The fourth-order valence-electron chi connectivity index (χ4n) is 0. The van der Waals surface area contributed by atoms with Crippen LogP contribution in [0.3, 0.4) is 0 Å². The first-order valence-electron chi connectivity index (χ1n) is 0.698. The van der Waals surface area contributed by atoms with Crippen molar-refractivity contribution in [1.82, 2.24) is 0 Å². The van der Waals surface area contributed by atoms with Crippen molar-refractivity contribution in [2.75, 3.05) is 0 Å². The molecule has 2 N–H and O–H groups in total. The summed E-state index contributed by atoms with van der Waals surface area (Å²) in [4.78, 5) is 0. The molecular weight excluding hydrogens is 342 g/mol. The van der Waals surface area contributed by atoms with E-state index in [2.05, 4.69) is 0 Å². The summed E-state index contributed by atoms with van der Waals surface area (Å²) >= 11 is 0. The summed E-state index contributed by atoms with van der Waals surface area (Å²) in [5.41, 5.74) is 0. The number of hydrogen-bond acceptors (Lipinski definition) is 2. The van der Waals surface area contributed by atoms with Crippen molar-refractivity contribution < 1.29 is 17.5 Å². The van der Waals surface area contributed by atoms with Crippen molar-refractivity contribution in [3.8, 4) is 0 Å². The van der Waals surface area contributed by atoms with Gasteiger partial charge in [0.15, 0.2) is 17.4 Å². The van der Waals surface area contributed by atoms with Crippen LogP contribution in [0.1, 0.15) is 7.43 Å². The van der Waals surface area contributed by atoms with Crippen LogP contribution in [0.25, 0.3) is 0 Å². The molecule has 8 heavy (non-hydrogen) atoms. The van der Waals surface area contributed by atoms with E-state index < -0.39 is 10.4 Å². The molecule has 0 aromatic heterocycles. The second-order valence-electron chi connectivity index (χ2n) is 0.448. The Morgan fingerprint density at radius 2 is 1.12 bits per heavy atom. The van der Waals surface area contributed by atoms with Crippen LogP contribution in [0.15, 0.2) is 0 Å². The normalized spacial score (nSPS) is 7.25. The summed E-state index contributed by atoms with van der Waals surface area (Å²) in [5, 5.41) is 0. The fourth-order valence-corrected chi connectivity index (χ4v) is 0. The molecule has 0 saturated heterocycles. The first-order valence-corrected chi connectivity index (χ1v) is 2.10. The van der Waals surface area contributed by atoms with Gasteiger partial charge in [0.25, 0.3) is 0 Å². The molecule has 0 saturated carbocycles. The van der Waals surface area contributed by atoms with Gasteiger partial charge in [-0.3, -0.25) is 9.11 Å². The molecule has 0 aliphatic carbocycles. The van der Waals surface area contributed by atoms with Gasteiger partial charge < -0.3 is 0 Å². The van der Waals surface area contributed by atoms with E-state index in [1.807, 2.05) is 0 Å². The molecule has 0 aromatic rings. The SMILES string of the molecule is C.O=S(=O)(O)O.[AlH3].[PbH2]. The van der Waals surface area contributed by atoms with Crippen molar-refractivity contribution in [3.05, 3.63) is 0 Å². The van der Waals surface area contributed by atoms with Gasteiger partial charge in [0.2, 0.25) is 0 Å². The predicted octanol–water partition coefficient (Wildman–Crippen LogP) is -2.12. The zero-order valence-corrected chi connectivity index (χ0v) is 9.14. The minimum atomic E-state index is -4.67. The first kappa shape index (κ1) is 22.8. The van der Waals surface area contributed by atoms with E-state index in [1.165, 1.54) is 0 Å². The van der Waals surface area contributed by atoms with Crippen LogP contribution in [0.2, 0.25) is 0 Å². The second kappa shape index (κ2) is 8.32. The Balaban J connectivity index is -0.0000000267. The Hall–Kier alpha value is 1.32. The van der Waals surface area contributed by atoms with Gasteiger partial charge in [0.1, 0.15) is 0 Å². The topological polar surface area (TPSA) is 74.6 Å². The average molecular weight is 353 g/mol. The maximum absolute atomic E-state index is 8.74. The Morgan fingerprint density at radius 3 is 1.12 bits per heavy atom. The summed E-state index contributed by atoms with van der Waals surface area (Å²) in [6.07, 6.45) is 0. The molecule has 0 aliphatic heterocycles. The van der Waals surface area contributed by atoms with Crippen molar-refractivity contribution in [1.29, 1.82) is 0 Å². The monoisotopic (exact) mass is 354 g/mol. The molecule has 7 heteroatoms. The minimum absolute atomic E-state index is 0. The molecule has 0 unspecified atom stereocenters. The number of rotatable bonds is 0. The molecular formula is CH11AlO4PbS. The predicted molar refractivity (Wildman–Crippen MR) is 39.4 cm³/mol. The van der Waals surface area contributed by atoms with Crippen LogP contribution in [0.5, 0.6) is 0 Å². The summed E-state index contributed by atoms with van der Waals surface area (Å²) in [6, 6.07) is 0. The molecule has 52 valence electrons. The molecule has 0 amide bonds. The van der Waals surface area contributed by atoms with E-state index in [4.69, 9.17) is 17.5 Å². The molecule has 0 aliphatic rings. The van der Waals surface area contributed by atoms with Crippen molar-refractivity contribution in [2.45, 2.75) is 7.43 Å². The van der Waals surface area contributed by atoms with Gasteiger partial charge in [-0.05, 0) is 0 Å². The van der Waals surface area contributed by atoms with Crippen LogP contribution in [0.4, 0.5) is 0 Å². The third-order valence-electron chi connectivity index (χ3n) is 0. The van der Waals surface area contributed by atoms with Gasteiger partial charge in [-0.2, -0.15) is 8.42 Å². The van der Waals surface area contributed by atoms with E-state index in [9.17, 15) is 0 Å². The Labute approximate surface area is 79.5 Å². The Kier molecular flexibility index (Phi) is 23.7. The van der Waals surface area contributed by atoms with Crippen molar-refractivity contribution in [3.63, 3.8) is 0 Å². The Morgan fingerprint density at radius 1 is 1.12 bits per heavy atom. The van der Waals surface area contributed by atoms with Gasteiger partial charge in [0.05, 0.1) is 0 Å². The van der Waals surface area contributed by atoms with Crippen LogP contribution in [0, 0.1) is 0 Å². The summed E-state index contributed by atoms with van der Waals surface area (Å²) in [5.74, 6) is 0. The molecule has 0 fully saturated rings. The van der Waals surface area contributed by atoms with E-state index in [1.54, 1.807) is 0 Å². The van der Waals surface area contributed by atoms with E-state index in [0.29, 0.717) is 0 Å². The summed E-state index contributed by atoms with van der Waals surface area (Å²) < 4.78 is 31.6. The van der Waals surface area contributed by atoms with Crippen molar-refractivity contribution >= 4 is 55.1 Å². The first-order chi connectivity index (χ1) is 2.00. The molecule has 2 radical (unpaired) electrons. The van der Waals surface area contributed by atoms with Gasteiger partial charge in [-0.15, -0.1) is 0 Å². The number of hydrogen-bond donors (Lipinski definition) is 2. The molecule has 0 heterocycles. The second-order valence-corrected chi connectivity index (χ2v) is 1.34. The van der Waals surface area contributed by atoms with E-state index in [-0.39, 0.29) is 52.1 Å². The van der Waals surface area contributed by atoms with Gasteiger partial charge >= 0.3 is 37.7 Å². The molecule has 4 nitrogen and oxygen atoms in total. The molecule has 0 aromatic carbocycles. The van der Waals surface area contributed by atoms with Gasteiger partial charge in [-0.1, -0.05) is 7.43 Å². The van der Waals surface area contributed by atoms with Crippen LogP contribution < -0.4 is 0 Å². The fraction of sp³-hybridized carbons (Fsp3) is 1.00. The zero-order chi connectivity index (χ0) is 4.50. The average Bonchev–Trinajstić information content (AvgIpc) is 0.722. The molecule has 0 rings (SSSR count). The summed E-state index contributed by atoms with van der Waals surface area (Å²) in [7, 11) is -4.67. The maximum atomic E-state index is 8.74. The zero-order valence-electron chi connectivity index (χ0n) is 2.83. The van der Waals surface area contributed by atoms with Crippen LogP contribution >= 0.6 is 0 Å². The Bertz CT molecular complexity index is 99.2. The third-order valence-corrected chi connectivity index (χ3v) is 0. The third kappa shape index (κ3) is 167. The van der Waals surface area contributed by atoms with Gasteiger partial charge in [-0.25, -0.2) is 0 Å². The summed E-state index contributed by atoms with van der Waals surface area (Å²) in [6.45, 7) is 0. The molecule has 0 atom stereocenters. The van der Waals surface area contributed by atoms with Crippen molar-refractivity contribution in [2.24, 2.45) is 0 Å². The van der Waals surface area contributed by atoms with E-state index in [0.717, 1.165) is 0 Å². The quantitative estimate of drug-likeness (QED) is 0.386. The van der Waals surface area contributed by atoms with Gasteiger partial charge in [0, 0.05) is 0 Å². The standard InChI is InChI=1S/CH4.Al.H2O4S.Pb.5H/c;;1-5(2,3)4;;;;;;/h1H4;;(H2,1,2,3,4);;;;;;. The van der Waals surface area contributed by atoms with Crippen LogP contribution in [-0.2, 0) is 10.4 Å². The van der Waals surface area contributed by atoms with Crippen LogP contribution in [-0.4, -0.2) is 62.2 Å². The molecule has 0 spiro atoms. The van der Waals surface area contributed by atoms with E-state index >= 15 is 0 Å².